The van der Waals surface area contributed by atoms with E-state index in [4.69, 9.17) is 9.47 Å². The Labute approximate surface area is 132 Å². The number of benzene rings is 1. The molecule has 0 saturated carbocycles. The maximum absolute atomic E-state index is 12.2. The van der Waals surface area contributed by atoms with Gasteiger partial charge in [-0.05, 0) is 12.1 Å². The number of ether oxygens (including phenoxy) is 2. The first-order valence-corrected chi connectivity index (χ1v) is 7.18. The van der Waals surface area contributed by atoms with Gasteiger partial charge >= 0.3 is 5.97 Å². The first-order chi connectivity index (χ1) is 11.1. The zero-order valence-electron chi connectivity index (χ0n) is 12.6. The summed E-state index contributed by atoms with van der Waals surface area (Å²) >= 11 is 0. The van der Waals surface area contributed by atoms with Crippen LogP contribution in [0.25, 0.3) is 0 Å². The number of hydrogen-bond acceptors (Lipinski definition) is 6. The van der Waals surface area contributed by atoms with Crippen molar-refractivity contribution < 1.29 is 19.1 Å². The third kappa shape index (κ3) is 4.13. The van der Waals surface area contributed by atoms with Crippen LogP contribution in [0.5, 0.6) is 5.75 Å². The number of esters is 1. The van der Waals surface area contributed by atoms with Crippen LogP contribution in [0.4, 0.5) is 0 Å². The molecule has 1 atom stereocenters. The fourth-order valence-electron chi connectivity index (χ4n) is 2.05. The highest BCUT2D eigenvalue weighted by atomic mass is 16.6. The number of para-hydroxylation sites is 1. The predicted molar refractivity (Wildman–Crippen MR) is 78.7 cm³/mol. The first-order valence-electron chi connectivity index (χ1n) is 7.18. The van der Waals surface area contributed by atoms with Crippen LogP contribution in [-0.4, -0.2) is 39.6 Å². The van der Waals surface area contributed by atoms with E-state index in [2.05, 4.69) is 15.6 Å². The van der Waals surface area contributed by atoms with E-state index in [1.54, 1.807) is 35.1 Å². The van der Waals surface area contributed by atoms with E-state index in [1.807, 2.05) is 0 Å². The highest BCUT2D eigenvalue weighted by molar-refractivity contribution is 5.97. The lowest BCUT2D eigenvalue weighted by atomic mass is 10.2. The van der Waals surface area contributed by atoms with Crippen LogP contribution in [0.2, 0.25) is 0 Å². The number of nitrogens with one attached hydrogen (secondary N) is 1. The van der Waals surface area contributed by atoms with Gasteiger partial charge in [-0.2, -0.15) is 0 Å². The molecule has 8 heteroatoms. The quantitative estimate of drug-likeness (QED) is 0.474. The monoisotopic (exact) mass is 316 g/mol. The summed E-state index contributed by atoms with van der Waals surface area (Å²) in [5.41, 5.74) is 0.936. The third-order valence-corrected chi connectivity index (χ3v) is 3.19. The molecular formula is C15H16N4O4. The molecule has 3 rings (SSSR count). The third-order valence-electron chi connectivity index (χ3n) is 3.19. The largest absolute Gasteiger partial charge is 0.426 e. The summed E-state index contributed by atoms with van der Waals surface area (Å²) in [7, 11) is 0. The minimum Gasteiger partial charge on any atom is -0.426 e. The van der Waals surface area contributed by atoms with Crippen molar-refractivity contribution in [2.24, 2.45) is 0 Å². The number of hydrogen-bond donors (Lipinski definition) is 1. The highest BCUT2D eigenvalue weighted by Crippen LogP contribution is 2.18. The van der Waals surface area contributed by atoms with Gasteiger partial charge in [-0.3, -0.25) is 9.59 Å². The second kappa shape index (κ2) is 6.57. The second-order valence-corrected chi connectivity index (χ2v) is 5.16. The Morgan fingerprint density at radius 2 is 2.22 bits per heavy atom. The van der Waals surface area contributed by atoms with Crippen molar-refractivity contribution in [3.8, 4) is 5.75 Å². The zero-order valence-corrected chi connectivity index (χ0v) is 12.6. The number of rotatable bonds is 6. The number of carbonyl (C=O) groups excluding carboxylic acids is 2. The topological polar surface area (TPSA) is 98.6 Å². The van der Waals surface area contributed by atoms with Gasteiger partial charge in [0.05, 0.1) is 31.5 Å². The second-order valence-electron chi connectivity index (χ2n) is 5.16. The molecule has 1 saturated heterocycles. The summed E-state index contributed by atoms with van der Waals surface area (Å²) in [5.74, 6) is -0.593. The lowest BCUT2D eigenvalue weighted by Gasteiger charge is -2.08. The Morgan fingerprint density at radius 3 is 2.96 bits per heavy atom. The standard InChI is InChI=1S/C15H16N4O4/c1-10(20)23-14-5-3-2-4-13(14)15(21)16-6-11-7-19(18-17-11)8-12-9-22-12/h2-5,7,12H,6,8-9H2,1H3,(H,16,21)/t12-/m0/s1. The molecular weight excluding hydrogens is 300 g/mol. The van der Waals surface area contributed by atoms with E-state index < -0.39 is 5.97 Å². The van der Waals surface area contributed by atoms with Crippen LogP contribution >= 0.6 is 0 Å². The summed E-state index contributed by atoms with van der Waals surface area (Å²) < 4.78 is 11.8. The Hall–Kier alpha value is -2.74. The Kier molecular flexibility index (Phi) is 4.33. The fraction of sp³-hybridized carbons (Fsp3) is 0.333. The molecule has 1 fully saturated rings. The maximum Gasteiger partial charge on any atom is 0.308 e. The van der Waals surface area contributed by atoms with Crippen molar-refractivity contribution in [1.29, 1.82) is 0 Å². The van der Waals surface area contributed by atoms with Gasteiger partial charge in [0.2, 0.25) is 0 Å². The molecule has 120 valence electrons. The molecule has 2 aromatic rings. The van der Waals surface area contributed by atoms with Gasteiger partial charge in [0, 0.05) is 6.92 Å². The molecule has 0 bridgehead atoms. The normalized spacial score (nSPS) is 16.0. The summed E-state index contributed by atoms with van der Waals surface area (Å²) in [5, 5.41) is 10.7. The molecule has 1 amide bonds. The molecule has 23 heavy (non-hydrogen) atoms. The van der Waals surface area contributed by atoms with Crippen molar-refractivity contribution in [3.05, 3.63) is 41.7 Å². The van der Waals surface area contributed by atoms with Crippen LogP contribution in [0.15, 0.2) is 30.5 Å². The van der Waals surface area contributed by atoms with Crippen molar-refractivity contribution >= 4 is 11.9 Å². The molecule has 2 heterocycles. The van der Waals surface area contributed by atoms with Crippen LogP contribution in [0.1, 0.15) is 23.0 Å². The highest BCUT2D eigenvalue weighted by Gasteiger charge is 2.23. The van der Waals surface area contributed by atoms with E-state index in [0.717, 1.165) is 6.61 Å². The van der Waals surface area contributed by atoms with Crippen molar-refractivity contribution in [2.45, 2.75) is 26.1 Å². The van der Waals surface area contributed by atoms with Crippen LogP contribution < -0.4 is 10.1 Å². The molecule has 1 aromatic carbocycles. The molecule has 0 aliphatic carbocycles. The van der Waals surface area contributed by atoms with Gasteiger partial charge in [-0.15, -0.1) is 5.10 Å². The van der Waals surface area contributed by atoms with Crippen LogP contribution in [0.3, 0.4) is 0 Å². The number of amides is 1. The minimum absolute atomic E-state index is 0.217. The molecule has 0 unspecified atom stereocenters. The molecule has 0 radical (unpaired) electrons. The first kappa shape index (κ1) is 15.2. The lowest BCUT2D eigenvalue weighted by molar-refractivity contribution is -0.131. The average Bonchev–Trinajstić information content (AvgIpc) is 3.22. The number of carbonyl (C=O) groups is 2. The molecule has 1 aliphatic heterocycles. The summed E-state index contributed by atoms with van der Waals surface area (Å²) in [4.78, 5) is 23.3. The Morgan fingerprint density at radius 1 is 1.43 bits per heavy atom. The average molecular weight is 316 g/mol. The molecule has 1 N–H and O–H groups in total. The number of epoxide rings is 1. The van der Waals surface area contributed by atoms with Gasteiger partial charge in [0.25, 0.3) is 5.91 Å². The SMILES string of the molecule is CC(=O)Oc1ccccc1C(=O)NCc1cn(C[C@H]2CO2)nn1. The summed E-state index contributed by atoms with van der Waals surface area (Å²) in [6.07, 6.45) is 1.98. The van der Waals surface area contributed by atoms with E-state index in [-0.39, 0.29) is 24.3 Å². The van der Waals surface area contributed by atoms with Gasteiger partial charge in [-0.25, -0.2) is 4.68 Å². The zero-order chi connectivity index (χ0) is 16.2. The van der Waals surface area contributed by atoms with Crippen LogP contribution in [0, 0.1) is 0 Å². The predicted octanol–water partition coefficient (Wildman–Crippen LogP) is 0.532. The van der Waals surface area contributed by atoms with E-state index in [9.17, 15) is 9.59 Å². The van der Waals surface area contributed by atoms with Crippen molar-refractivity contribution in [2.75, 3.05) is 6.61 Å². The molecule has 1 aliphatic rings. The maximum atomic E-state index is 12.2. The number of aromatic nitrogens is 3. The van der Waals surface area contributed by atoms with Crippen molar-refractivity contribution in [3.63, 3.8) is 0 Å². The van der Waals surface area contributed by atoms with E-state index in [0.29, 0.717) is 17.8 Å². The minimum atomic E-state index is -0.476. The summed E-state index contributed by atoms with van der Waals surface area (Å²) in [6.45, 7) is 2.93. The summed E-state index contributed by atoms with van der Waals surface area (Å²) in [6, 6.07) is 6.56. The fourth-order valence-corrected chi connectivity index (χ4v) is 2.05. The Balaban J connectivity index is 1.60. The lowest BCUT2D eigenvalue weighted by Crippen LogP contribution is -2.24. The molecule has 0 spiro atoms. The van der Waals surface area contributed by atoms with Crippen LogP contribution in [-0.2, 0) is 22.6 Å². The van der Waals surface area contributed by atoms with Gasteiger partial charge in [-0.1, -0.05) is 17.3 Å². The molecule has 1 aromatic heterocycles. The Bertz CT molecular complexity index is 724. The number of nitrogens with zero attached hydrogens (tertiary/aromatic N) is 3. The van der Waals surface area contributed by atoms with Gasteiger partial charge < -0.3 is 14.8 Å². The van der Waals surface area contributed by atoms with Gasteiger partial charge in [0.1, 0.15) is 17.5 Å². The van der Waals surface area contributed by atoms with E-state index in [1.165, 1.54) is 6.92 Å². The smallest absolute Gasteiger partial charge is 0.308 e. The van der Waals surface area contributed by atoms with E-state index >= 15 is 0 Å². The van der Waals surface area contributed by atoms with Crippen molar-refractivity contribution in [1.82, 2.24) is 20.3 Å². The van der Waals surface area contributed by atoms with Gasteiger partial charge in [0.15, 0.2) is 0 Å². The molecule has 8 nitrogen and oxygen atoms in total.